The quantitative estimate of drug-likeness (QED) is 0.710. The van der Waals surface area contributed by atoms with Crippen LogP contribution in [0.15, 0.2) is 18.5 Å². The van der Waals surface area contributed by atoms with Gasteiger partial charge in [0, 0.05) is 17.5 Å². The molecule has 0 amide bonds. The molecular weight excluding hydrogens is 198 g/mol. The lowest BCUT2D eigenvalue weighted by molar-refractivity contribution is 0.809. The minimum absolute atomic E-state index is 0.115. The van der Waals surface area contributed by atoms with Crippen molar-refractivity contribution in [3.05, 3.63) is 29.7 Å². The van der Waals surface area contributed by atoms with Crippen molar-refractivity contribution in [3.63, 3.8) is 0 Å². The number of hydrogen-bond donors (Lipinski definition) is 0. The average molecular weight is 210 g/mol. The Bertz CT molecular complexity index is 448. The topological polar surface area (TPSA) is 30.2 Å². The summed E-state index contributed by atoms with van der Waals surface area (Å²) in [5, 5.41) is 4.27. The summed E-state index contributed by atoms with van der Waals surface area (Å²) in [6.07, 6.45) is 2.38. The number of hydrogen-bond acceptors (Lipinski definition) is 2. The molecule has 0 aliphatic heterocycles. The Morgan fingerprint density at radius 2 is 2.29 bits per heavy atom. The molecule has 2 aromatic heterocycles. The Kier molecular flexibility index (Phi) is 2.42. The van der Waals surface area contributed by atoms with E-state index in [1.54, 1.807) is 6.33 Å². The van der Waals surface area contributed by atoms with Crippen LogP contribution in [0.3, 0.4) is 0 Å². The van der Waals surface area contributed by atoms with Crippen LogP contribution < -0.4 is 0 Å². The van der Waals surface area contributed by atoms with E-state index in [9.17, 15) is 0 Å². The van der Waals surface area contributed by atoms with Crippen molar-refractivity contribution in [1.29, 1.82) is 0 Å². The second kappa shape index (κ2) is 3.58. The lowest BCUT2D eigenvalue weighted by atomic mass is 10.2. The van der Waals surface area contributed by atoms with E-state index >= 15 is 0 Å². The van der Waals surface area contributed by atoms with Gasteiger partial charge in [-0.1, -0.05) is 0 Å². The zero-order chi connectivity index (χ0) is 10.1. The molecule has 0 spiro atoms. The van der Waals surface area contributed by atoms with Crippen LogP contribution in [-0.4, -0.2) is 20.0 Å². The lowest BCUT2D eigenvalue weighted by Crippen LogP contribution is -2.05. The summed E-state index contributed by atoms with van der Waals surface area (Å²) in [6.45, 7) is 4.03. The van der Waals surface area contributed by atoms with Gasteiger partial charge < -0.3 is 0 Å². The van der Waals surface area contributed by atoms with Gasteiger partial charge in [-0.25, -0.2) is 9.50 Å². The SMILES string of the molecule is Cc1cc(CC(C)Cl)n2ncnc2c1. The molecule has 14 heavy (non-hydrogen) atoms. The standard InChI is InChI=1S/C10H12ClN3/c1-7-3-9(5-8(2)11)14-10(4-7)12-6-13-14/h3-4,6,8H,5H2,1-2H3. The molecule has 0 radical (unpaired) electrons. The largest absolute Gasteiger partial charge is 0.218 e. The first-order valence-electron chi connectivity index (χ1n) is 4.60. The third-order valence-corrected chi connectivity index (χ3v) is 2.24. The highest BCUT2D eigenvalue weighted by molar-refractivity contribution is 6.20. The maximum atomic E-state index is 5.97. The van der Waals surface area contributed by atoms with Gasteiger partial charge in [0.2, 0.25) is 0 Å². The molecule has 74 valence electrons. The Morgan fingerprint density at radius 1 is 1.50 bits per heavy atom. The van der Waals surface area contributed by atoms with Crippen molar-refractivity contribution in [1.82, 2.24) is 14.6 Å². The Morgan fingerprint density at radius 3 is 3.00 bits per heavy atom. The van der Waals surface area contributed by atoms with Crippen LogP contribution in [0, 0.1) is 6.92 Å². The van der Waals surface area contributed by atoms with Crippen LogP contribution in [0.5, 0.6) is 0 Å². The number of aromatic nitrogens is 3. The number of pyridine rings is 1. The normalized spacial score (nSPS) is 13.4. The first-order valence-corrected chi connectivity index (χ1v) is 5.04. The molecule has 0 fully saturated rings. The van der Waals surface area contributed by atoms with Gasteiger partial charge >= 0.3 is 0 Å². The van der Waals surface area contributed by atoms with Gasteiger partial charge in [0.15, 0.2) is 5.65 Å². The molecule has 0 aromatic carbocycles. The van der Waals surface area contributed by atoms with Gasteiger partial charge in [-0.3, -0.25) is 0 Å². The van der Waals surface area contributed by atoms with Crippen LogP contribution in [0.4, 0.5) is 0 Å². The smallest absolute Gasteiger partial charge is 0.155 e. The van der Waals surface area contributed by atoms with E-state index < -0.39 is 0 Å². The van der Waals surface area contributed by atoms with E-state index in [-0.39, 0.29) is 5.38 Å². The van der Waals surface area contributed by atoms with Gasteiger partial charge in [0.1, 0.15) is 6.33 Å². The molecule has 0 bridgehead atoms. The van der Waals surface area contributed by atoms with Gasteiger partial charge in [-0.2, -0.15) is 5.10 Å². The minimum Gasteiger partial charge on any atom is -0.218 e. The van der Waals surface area contributed by atoms with Crippen molar-refractivity contribution in [3.8, 4) is 0 Å². The van der Waals surface area contributed by atoms with E-state index in [1.165, 1.54) is 5.56 Å². The lowest BCUT2D eigenvalue weighted by Gasteiger charge is -2.06. The fourth-order valence-electron chi connectivity index (χ4n) is 1.57. The molecule has 2 heterocycles. The Hall–Kier alpha value is -1.09. The number of fused-ring (bicyclic) bond motifs is 1. The van der Waals surface area contributed by atoms with Crippen LogP contribution >= 0.6 is 11.6 Å². The summed E-state index contributed by atoms with van der Waals surface area (Å²) in [5.41, 5.74) is 3.19. The summed E-state index contributed by atoms with van der Waals surface area (Å²) < 4.78 is 1.84. The number of alkyl halides is 1. The number of nitrogens with zero attached hydrogens (tertiary/aromatic N) is 3. The molecule has 0 saturated heterocycles. The van der Waals surface area contributed by atoms with Gasteiger partial charge in [-0.15, -0.1) is 11.6 Å². The van der Waals surface area contributed by atoms with Crippen LogP contribution in [0.1, 0.15) is 18.2 Å². The second-order valence-electron chi connectivity index (χ2n) is 3.54. The summed E-state index contributed by atoms with van der Waals surface area (Å²) >= 11 is 5.97. The fourth-order valence-corrected chi connectivity index (χ4v) is 1.73. The van der Waals surface area contributed by atoms with Crippen molar-refractivity contribution in [2.24, 2.45) is 0 Å². The van der Waals surface area contributed by atoms with E-state index in [0.29, 0.717) is 0 Å². The van der Waals surface area contributed by atoms with Gasteiger partial charge in [0.25, 0.3) is 0 Å². The Labute approximate surface area is 87.7 Å². The molecule has 0 N–H and O–H groups in total. The highest BCUT2D eigenvalue weighted by Crippen LogP contribution is 2.12. The average Bonchev–Trinajstić information content (AvgIpc) is 2.50. The van der Waals surface area contributed by atoms with Crippen molar-refractivity contribution < 1.29 is 0 Å². The zero-order valence-electron chi connectivity index (χ0n) is 8.24. The van der Waals surface area contributed by atoms with Crippen LogP contribution in [-0.2, 0) is 6.42 Å². The predicted octanol–water partition coefficient (Wildman–Crippen LogP) is 2.21. The highest BCUT2D eigenvalue weighted by Gasteiger charge is 2.06. The van der Waals surface area contributed by atoms with Gasteiger partial charge in [-0.05, 0) is 31.5 Å². The second-order valence-corrected chi connectivity index (χ2v) is 4.28. The number of rotatable bonds is 2. The molecule has 2 aromatic rings. The van der Waals surface area contributed by atoms with E-state index in [4.69, 9.17) is 11.6 Å². The summed E-state index contributed by atoms with van der Waals surface area (Å²) in [5.74, 6) is 0. The zero-order valence-corrected chi connectivity index (χ0v) is 8.99. The van der Waals surface area contributed by atoms with Crippen molar-refractivity contribution >= 4 is 17.2 Å². The first kappa shape index (κ1) is 9.46. The molecule has 1 unspecified atom stereocenters. The predicted molar refractivity (Wildman–Crippen MR) is 56.7 cm³/mol. The summed E-state index contributed by atoms with van der Waals surface area (Å²) in [4.78, 5) is 4.16. The van der Waals surface area contributed by atoms with Crippen molar-refractivity contribution in [2.45, 2.75) is 25.6 Å². The summed E-state index contributed by atoms with van der Waals surface area (Å²) in [7, 11) is 0. The fraction of sp³-hybridized carbons (Fsp3) is 0.400. The van der Waals surface area contributed by atoms with Crippen LogP contribution in [0.25, 0.3) is 5.65 Å². The highest BCUT2D eigenvalue weighted by atomic mass is 35.5. The Balaban J connectivity index is 2.55. The molecule has 0 aliphatic carbocycles. The third-order valence-electron chi connectivity index (χ3n) is 2.09. The monoisotopic (exact) mass is 209 g/mol. The number of halogens is 1. The molecule has 2 rings (SSSR count). The van der Waals surface area contributed by atoms with Crippen LogP contribution in [0.2, 0.25) is 0 Å². The number of aryl methyl sites for hydroxylation is 1. The maximum Gasteiger partial charge on any atom is 0.155 e. The molecule has 3 nitrogen and oxygen atoms in total. The molecule has 4 heteroatoms. The maximum absolute atomic E-state index is 5.97. The molecular formula is C10H12ClN3. The minimum atomic E-state index is 0.115. The van der Waals surface area contributed by atoms with E-state index in [0.717, 1.165) is 17.8 Å². The third kappa shape index (κ3) is 1.73. The first-order chi connectivity index (χ1) is 6.66. The van der Waals surface area contributed by atoms with E-state index in [1.807, 2.05) is 17.5 Å². The molecule has 0 aliphatic rings. The molecule has 0 saturated carbocycles. The van der Waals surface area contributed by atoms with E-state index in [2.05, 4.69) is 23.1 Å². The summed E-state index contributed by atoms with van der Waals surface area (Å²) in [6, 6.07) is 4.11. The van der Waals surface area contributed by atoms with Crippen molar-refractivity contribution in [2.75, 3.05) is 0 Å². The van der Waals surface area contributed by atoms with Gasteiger partial charge in [0.05, 0.1) is 0 Å². The molecule has 1 atom stereocenters.